The number of alkyl halides is 3. The Kier molecular flexibility index (Phi) is 3.92. The van der Waals surface area contributed by atoms with Crippen molar-refractivity contribution in [3.8, 4) is 5.75 Å². The van der Waals surface area contributed by atoms with Crippen molar-refractivity contribution >= 4 is 17.6 Å². The van der Waals surface area contributed by atoms with Gasteiger partial charge in [0.05, 0.1) is 12.6 Å². The number of fused-ring (bicyclic) bond motifs is 4. The van der Waals surface area contributed by atoms with Crippen LogP contribution in [0, 0.1) is 12.8 Å². The van der Waals surface area contributed by atoms with Gasteiger partial charge in [-0.05, 0) is 39.0 Å². The molecule has 2 aliphatic carbocycles. The molecule has 2 aromatic heterocycles. The molecule has 2 atom stereocenters. The number of hydrogen-bond acceptors (Lipinski definition) is 6. The molecule has 0 aromatic carbocycles. The summed E-state index contributed by atoms with van der Waals surface area (Å²) in [5.74, 6) is 1.28. The van der Waals surface area contributed by atoms with E-state index in [1.807, 2.05) is 11.6 Å². The molecule has 7 nitrogen and oxygen atoms in total. The van der Waals surface area contributed by atoms with Gasteiger partial charge in [-0.15, -0.1) is 0 Å². The van der Waals surface area contributed by atoms with Crippen molar-refractivity contribution in [2.75, 3.05) is 17.2 Å². The molecule has 3 heterocycles. The summed E-state index contributed by atoms with van der Waals surface area (Å²) in [6.07, 6.45) is 1.16. The molecule has 1 aliphatic heterocycles. The highest BCUT2D eigenvalue weighted by Gasteiger charge is 2.39. The van der Waals surface area contributed by atoms with Crippen LogP contribution in [0.2, 0.25) is 0 Å². The summed E-state index contributed by atoms with van der Waals surface area (Å²) in [6.45, 7) is 2.30. The molecule has 2 fully saturated rings. The first kappa shape index (κ1) is 17.6. The smallest absolute Gasteiger partial charge is 0.421 e. The van der Waals surface area contributed by atoms with E-state index in [9.17, 15) is 13.2 Å². The molecule has 10 heteroatoms. The van der Waals surface area contributed by atoms with Gasteiger partial charge < -0.3 is 15.4 Å². The molecule has 3 aliphatic rings. The fraction of sp³-hybridized carbons (Fsp3) is 0.611. The molecule has 5 rings (SSSR count). The predicted molar refractivity (Wildman–Crippen MR) is 95.8 cm³/mol. The number of halogens is 3. The molecule has 0 radical (unpaired) electrons. The van der Waals surface area contributed by atoms with Crippen LogP contribution in [0.15, 0.2) is 6.20 Å². The van der Waals surface area contributed by atoms with Gasteiger partial charge in [0.25, 0.3) is 0 Å². The van der Waals surface area contributed by atoms with E-state index in [-0.39, 0.29) is 29.8 Å². The lowest BCUT2D eigenvalue weighted by atomic mass is 9.80. The Morgan fingerprint density at radius 2 is 2.04 bits per heavy atom. The molecule has 2 aromatic rings. The zero-order valence-corrected chi connectivity index (χ0v) is 15.4. The summed E-state index contributed by atoms with van der Waals surface area (Å²) >= 11 is 0. The van der Waals surface area contributed by atoms with E-state index in [0.29, 0.717) is 18.2 Å². The number of rotatable bonds is 1. The molecule has 0 saturated heterocycles. The molecular weight excluding hydrogens is 373 g/mol. The van der Waals surface area contributed by atoms with E-state index in [2.05, 4.69) is 25.7 Å². The minimum atomic E-state index is -4.52. The SMILES string of the molecule is Cc1nn(C2CCC2)c2c1OC[C@H]1CC[C@@H]1Nc1nc(ncc1C(F)(F)F)N2. The standard InChI is InChI=1S/C18H21F3N6O/c1-9-14-16(27(26-9)11-3-2-4-11)25-17-22-7-12(18(19,20)21)15(24-17)23-13-6-5-10(13)8-28-14/h7,10-11,13H,2-6,8H2,1H3,(H2,22,23,24,25)/t10-,13+/m1/s1. The molecule has 0 unspecified atom stereocenters. The summed E-state index contributed by atoms with van der Waals surface area (Å²) in [7, 11) is 0. The monoisotopic (exact) mass is 394 g/mol. The van der Waals surface area contributed by atoms with Gasteiger partial charge in [-0.2, -0.15) is 23.3 Å². The van der Waals surface area contributed by atoms with Crippen LogP contribution in [0.25, 0.3) is 0 Å². The third-order valence-corrected chi connectivity index (χ3v) is 5.96. The maximum Gasteiger partial charge on any atom is 0.421 e. The number of aryl methyl sites for hydroxylation is 1. The van der Waals surface area contributed by atoms with Gasteiger partial charge >= 0.3 is 6.18 Å². The number of aromatic nitrogens is 4. The normalized spacial score (nSPS) is 24.3. The average Bonchev–Trinajstić information content (AvgIpc) is 2.84. The summed E-state index contributed by atoms with van der Waals surface area (Å²) in [5.41, 5.74) is -0.0996. The summed E-state index contributed by atoms with van der Waals surface area (Å²) in [4.78, 5) is 8.08. The first-order valence-corrected chi connectivity index (χ1v) is 9.60. The van der Waals surface area contributed by atoms with Crippen LogP contribution >= 0.6 is 0 Å². The number of nitrogens with zero attached hydrogens (tertiary/aromatic N) is 4. The third kappa shape index (κ3) is 2.85. The predicted octanol–water partition coefficient (Wildman–Crippen LogP) is 4.05. The Bertz CT molecular complexity index is 907. The highest BCUT2D eigenvalue weighted by Crippen LogP contribution is 2.42. The van der Waals surface area contributed by atoms with E-state index in [1.54, 1.807) is 0 Å². The van der Waals surface area contributed by atoms with Crippen LogP contribution in [-0.2, 0) is 6.18 Å². The zero-order chi connectivity index (χ0) is 19.5. The lowest BCUT2D eigenvalue weighted by molar-refractivity contribution is -0.137. The van der Waals surface area contributed by atoms with Gasteiger partial charge in [0.15, 0.2) is 11.6 Å². The minimum absolute atomic E-state index is 0.0959. The van der Waals surface area contributed by atoms with Gasteiger partial charge in [0.1, 0.15) is 17.1 Å². The van der Waals surface area contributed by atoms with Crippen LogP contribution in [0.4, 0.5) is 30.8 Å². The van der Waals surface area contributed by atoms with Crippen molar-refractivity contribution in [1.82, 2.24) is 19.7 Å². The highest BCUT2D eigenvalue weighted by molar-refractivity contribution is 5.62. The summed E-state index contributed by atoms with van der Waals surface area (Å²) in [5, 5.41) is 10.7. The lowest BCUT2D eigenvalue weighted by Gasteiger charge is -2.37. The van der Waals surface area contributed by atoms with Gasteiger partial charge in [-0.1, -0.05) is 0 Å². The molecule has 28 heavy (non-hydrogen) atoms. The second kappa shape index (κ2) is 6.25. The third-order valence-electron chi connectivity index (χ3n) is 5.96. The Labute approximate surface area is 159 Å². The number of anilines is 3. The molecular formula is C18H21F3N6O. The summed E-state index contributed by atoms with van der Waals surface area (Å²) < 4.78 is 48.2. The maximum atomic E-state index is 13.4. The van der Waals surface area contributed by atoms with Crippen molar-refractivity contribution in [2.24, 2.45) is 5.92 Å². The molecule has 2 bridgehead atoms. The lowest BCUT2D eigenvalue weighted by Crippen LogP contribution is -2.42. The largest absolute Gasteiger partial charge is 0.487 e. The molecule has 2 saturated carbocycles. The highest BCUT2D eigenvalue weighted by atomic mass is 19.4. The number of hydrogen-bond donors (Lipinski definition) is 2. The topological polar surface area (TPSA) is 76.9 Å². The van der Waals surface area contributed by atoms with E-state index < -0.39 is 11.7 Å². The molecule has 0 amide bonds. The molecule has 0 spiro atoms. The Hall–Kier alpha value is -2.52. The van der Waals surface area contributed by atoms with Gasteiger partial charge in [-0.25, -0.2) is 9.67 Å². The van der Waals surface area contributed by atoms with Crippen molar-refractivity contribution in [1.29, 1.82) is 0 Å². The summed E-state index contributed by atoms with van der Waals surface area (Å²) in [6, 6.07) is 0.152. The fourth-order valence-corrected chi connectivity index (χ4v) is 3.90. The number of nitrogens with one attached hydrogen (secondary N) is 2. The van der Waals surface area contributed by atoms with Crippen molar-refractivity contribution < 1.29 is 17.9 Å². The van der Waals surface area contributed by atoms with E-state index >= 15 is 0 Å². The van der Waals surface area contributed by atoms with Crippen LogP contribution in [0.3, 0.4) is 0 Å². The van der Waals surface area contributed by atoms with E-state index in [0.717, 1.165) is 44.0 Å². The van der Waals surface area contributed by atoms with Crippen LogP contribution in [0.1, 0.15) is 49.4 Å². The molecule has 2 N–H and O–H groups in total. The Morgan fingerprint density at radius 3 is 2.68 bits per heavy atom. The van der Waals surface area contributed by atoms with E-state index in [1.165, 1.54) is 0 Å². The van der Waals surface area contributed by atoms with Gasteiger partial charge in [0.2, 0.25) is 5.95 Å². The fourth-order valence-electron chi connectivity index (χ4n) is 3.90. The van der Waals surface area contributed by atoms with E-state index in [4.69, 9.17) is 4.74 Å². The second-order valence-corrected chi connectivity index (χ2v) is 7.77. The zero-order valence-electron chi connectivity index (χ0n) is 15.4. The van der Waals surface area contributed by atoms with Crippen molar-refractivity contribution in [3.05, 3.63) is 17.5 Å². The number of ether oxygens (including phenoxy) is 1. The van der Waals surface area contributed by atoms with Crippen molar-refractivity contribution in [2.45, 2.75) is 57.3 Å². The van der Waals surface area contributed by atoms with Crippen LogP contribution in [0.5, 0.6) is 5.75 Å². The Morgan fingerprint density at radius 1 is 1.21 bits per heavy atom. The van der Waals surface area contributed by atoms with Crippen molar-refractivity contribution in [3.63, 3.8) is 0 Å². The minimum Gasteiger partial charge on any atom is -0.487 e. The Balaban J connectivity index is 1.60. The van der Waals surface area contributed by atoms with Gasteiger partial charge in [-0.3, -0.25) is 0 Å². The first-order valence-electron chi connectivity index (χ1n) is 9.60. The maximum absolute atomic E-state index is 13.4. The molecule has 150 valence electrons. The van der Waals surface area contributed by atoms with Crippen LogP contribution in [-0.4, -0.2) is 32.4 Å². The van der Waals surface area contributed by atoms with Gasteiger partial charge in [0, 0.05) is 18.2 Å². The van der Waals surface area contributed by atoms with Crippen LogP contribution < -0.4 is 15.4 Å². The quantitative estimate of drug-likeness (QED) is 0.760. The average molecular weight is 394 g/mol. The first-order chi connectivity index (χ1) is 13.4. The second-order valence-electron chi connectivity index (χ2n) is 7.77.